The Bertz CT molecular complexity index is 465. The first kappa shape index (κ1) is 9.42. The first-order chi connectivity index (χ1) is 6.58. The average Bonchev–Trinajstić information content (AvgIpc) is 2.08. The molecule has 2 heterocycles. The van der Waals surface area contributed by atoms with Crippen molar-refractivity contribution >= 4 is 27.5 Å². The fourth-order valence-corrected chi connectivity index (χ4v) is 1.69. The van der Waals surface area contributed by atoms with Crippen LogP contribution in [0.2, 0.25) is 0 Å². The highest BCUT2D eigenvalue weighted by molar-refractivity contribution is 9.10. The topological polar surface area (TPSA) is 83.3 Å². The van der Waals surface area contributed by atoms with Crippen molar-refractivity contribution in [2.24, 2.45) is 10.7 Å². The molecule has 6 heteroatoms. The summed E-state index contributed by atoms with van der Waals surface area (Å²) < 4.78 is 0.489. The maximum Gasteiger partial charge on any atom is 0.263 e. The number of rotatable bonds is 0. The highest BCUT2D eigenvalue weighted by Crippen LogP contribution is 2.19. The molecule has 5 nitrogen and oxygen atoms in total. The first-order valence-electron chi connectivity index (χ1n) is 4.07. The van der Waals surface area contributed by atoms with Gasteiger partial charge in [0.05, 0.1) is 4.47 Å². The SMILES string of the molecule is CC1=NC(N)Nc2[nH]c(=O)c(Br)cc21. The van der Waals surface area contributed by atoms with Gasteiger partial charge in [-0.1, -0.05) is 0 Å². The van der Waals surface area contributed by atoms with E-state index in [0.29, 0.717) is 10.3 Å². The molecule has 0 fully saturated rings. The molecule has 0 saturated carbocycles. The molecular formula is C8H9BrN4O. The van der Waals surface area contributed by atoms with Gasteiger partial charge in [0.25, 0.3) is 5.56 Å². The van der Waals surface area contributed by atoms with Gasteiger partial charge in [-0.05, 0) is 28.9 Å². The summed E-state index contributed by atoms with van der Waals surface area (Å²) in [5, 5.41) is 2.87. The van der Waals surface area contributed by atoms with Crippen LogP contribution in [0, 0.1) is 0 Å². The number of aromatic amines is 1. The lowest BCUT2D eigenvalue weighted by Crippen LogP contribution is -2.34. The number of nitrogens with one attached hydrogen (secondary N) is 2. The fourth-order valence-electron chi connectivity index (χ4n) is 1.36. The maximum atomic E-state index is 11.3. The molecule has 0 radical (unpaired) electrons. The van der Waals surface area contributed by atoms with Crippen LogP contribution >= 0.6 is 15.9 Å². The van der Waals surface area contributed by atoms with E-state index in [0.717, 1.165) is 11.3 Å². The van der Waals surface area contributed by atoms with Crippen molar-refractivity contribution < 1.29 is 0 Å². The van der Waals surface area contributed by atoms with E-state index >= 15 is 0 Å². The minimum atomic E-state index is -0.487. The summed E-state index contributed by atoms with van der Waals surface area (Å²) in [5.74, 6) is 0.623. The van der Waals surface area contributed by atoms with E-state index < -0.39 is 6.29 Å². The van der Waals surface area contributed by atoms with E-state index in [1.807, 2.05) is 6.92 Å². The molecule has 1 aromatic heterocycles. The van der Waals surface area contributed by atoms with Gasteiger partial charge < -0.3 is 10.3 Å². The van der Waals surface area contributed by atoms with Crippen molar-refractivity contribution in [3.05, 3.63) is 26.5 Å². The monoisotopic (exact) mass is 256 g/mol. The number of halogens is 1. The van der Waals surface area contributed by atoms with Gasteiger partial charge in [0.15, 0.2) is 6.29 Å². The molecule has 0 spiro atoms. The number of H-pyrrole nitrogens is 1. The van der Waals surface area contributed by atoms with Crippen molar-refractivity contribution in [2.75, 3.05) is 5.32 Å². The first-order valence-corrected chi connectivity index (χ1v) is 4.87. The Hall–Kier alpha value is -1.14. The minimum absolute atomic E-state index is 0.182. The molecule has 0 amide bonds. The number of aliphatic imine (C=N–C) groups is 1. The third-order valence-electron chi connectivity index (χ3n) is 2.01. The zero-order chi connectivity index (χ0) is 10.3. The van der Waals surface area contributed by atoms with Gasteiger partial charge in [-0.25, -0.2) is 0 Å². The largest absolute Gasteiger partial charge is 0.337 e. The number of nitrogens with zero attached hydrogens (tertiary/aromatic N) is 1. The Kier molecular flexibility index (Phi) is 2.16. The molecule has 74 valence electrons. The van der Waals surface area contributed by atoms with Gasteiger partial charge in [0.1, 0.15) is 5.82 Å². The number of hydrogen-bond acceptors (Lipinski definition) is 4. The highest BCUT2D eigenvalue weighted by atomic mass is 79.9. The minimum Gasteiger partial charge on any atom is -0.337 e. The second kappa shape index (κ2) is 3.21. The van der Waals surface area contributed by atoms with Crippen molar-refractivity contribution in [3.8, 4) is 0 Å². The summed E-state index contributed by atoms with van der Waals surface area (Å²) in [5.41, 5.74) is 7.08. The number of nitrogens with two attached hydrogens (primary N) is 1. The zero-order valence-corrected chi connectivity index (χ0v) is 9.05. The van der Waals surface area contributed by atoms with Crippen LogP contribution in [0.15, 0.2) is 20.3 Å². The standard InChI is InChI=1S/C8H9BrN4O/c1-3-4-2-5(9)7(14)12-6(4)13-8(10)11-3/h2,8H,10H2,1H3,(H2,12,13,14). The molecule has 2 rings (SSSR count). The molecule has 0 aliphatic carbocycles. The molecule has 0 aromatic carbocycles. The summed E-state index contributed by atoms with van der Waals surface area (Å²) in [6.07, 6.45) is -0.487. The van der Waals surface area contributed by atoms with Crippen LogP contribution in [0.1, 0.15) is 12.5 Å². The predicted octanol–water partition coefficient (Wildman–Crippen LogP) is 0.614. The number of hydrogen-bond donors (Lipinski definition) is 3. The molecule has 1 aromatic rings. The second-order valence-corrected chi connectivity index (χ2v) is 3.89. The number of fused-ring (bicyclic) bond motifs is 1. The van der Waals surface area contributed by atoms with E-state index in [2.05, 4.69) is 31.2 Å². The van der Waals surface area contributed by atoms with Gasteiger partial charge in [0, 0.05) is 11.3 Å². The van der Waals surface area contributed by atoms with Crippen molar-refractivity contribution in [1.82, 2.24) is 4.98 Å². The van der Waals surface area contributed by atoms with Crippen molar-refractivity contribution in [2.45, 2.75) is 13.2 Å². The second-order valence-electron chi connectivity index (χ2n) is 3.04. The summed E-state index contributed by atoms with van der Waals surface area (Å²) >= 11 is 3.16. The van der Waals surface area contributed by atoms with Gasteiger partial charge in [-0.15, -0.1) is 0 Å². The normalized spacial score (nSPS) is 19.6. The van der Waals surface area contributed by atoms with Gasteiger partial charge in [-0.3, -0.25) is 15.5 Å². The maximum absolute atomic E-state index is 11.3. The third kappa shape index (κ3) is 1.46. The summed E-state index contributed by atoms with van der Waals surface area (Å²) in [6, 6.07) is 1.73. The summed E-state index contributed by atoms with van der Waals surface area (Å²) in [7, 11) is 0. The smallest absolute Gasteiger partial charge is 0.263 e. The average molecular weight is 257 g/mol. The predicted molar refractivity (Wildman–Crippen MR) is 58.6 cm³/mol. The third-order valence-corrected chi connectivity index (χ3v) is 2.60. The number of aromatic nitrogens is 1. The molecule has 0 saturated heterocycles. The Balaban J connectivity index is 2.64. The molecule has 1 aliphatic heterocycles. The van der Waals surface area contributed by atoms with Crippen LogP contribution in [-0.2, 0) is 0 Å². The van der Waals surface area contributed by atoms with Gasteiger partial charge in [0.2, 0.25) is 0 Å². The molecule has 0 bridgehead atoms. The van der Waals surface area contributed by atoms with E-state index in [4.69, 9.17) is 5.73 Å². The quantitative estimate of drug-likeness (QED) is 0.636. The van der Waals surface area contributed by atoms with Crippen LogP contribution in [0.4, 0.5) is 5.82 Å². The van der Waals surface area contributed by atoms with Crippen LogP contribution < -0.4 is 16.6 Å². The van der Waals surface area contributed by atoms with Crippen molar-refractivity contribution in [1.29, 1.82) is 0 Å². The van der Waals surface area contributed by atoms with E-state index in [1.165, 1.54) is 0 Å². The molecule has 1 aliphatic rings. The lowest BCUT2D eigenvalue weighted by molar-refractivity contribution is 0.790. The zero-order valence-electron chi connectivity index (χ0n) is 7.47. The highest BCUT2D eigenvalue weighted by Gasteiger charge is 2.16. The molecule has 14 heavy (non-hydrogen) atoms. The van der Waals surface area contributed by atoms with Crippen molar-refractivity contribution in [3.63, 3.8) is 0 Å². The molecular weight excluding hydrogens is 248 g/mol. The Morgan fingerprint density at radius 3 is 3.07 bits per heavy atom. The number of anilines is 1. The Morgan fingerprint density at radius 1 is 1.64 bits per heavy atom. The lowest BCUT2D eigenvalue weighted by Gasteiger charge is -2.20. The Labute approximate surface area is 88.6 Å². The van der Waals surface area contributed by atoms with Crippen LogP contribution in [-0.4, -0.2) is 17.0 Å². The number of pyridine rings is 1. The molecule has 1 unspecified atom stereocenters. The lowest BCUT2D eigenvalue weighted by atomic mass is 10.1. The van der Waals surface area contributed by atoms with Crippen LogP contribution in [0.5, 0.6) is 0 Å². The molecule has 4 N–H and O–H groups in total. The van der Waals surface area contributed by atoms with Crippen LogP contribution in [0.3, 0.4) is 0 Å². The van der Waals surface area contributed by atoms with Crippen LogP contribution in [0.25, 0.3) is 0 Å². The summed E-state index contributed by atoms with van der Waals surface area (Å²) in [6.45, 7) is 1.85. The van der Waals surface area contributed by atoms with Gasteiger partial charge in [-0.2, -0.15) is 0 Å². The molecule has 1 atom stereocenters. The van der Waals surface area contributed by atoms with E-state index in [9.17, 15) is 4.79 Å². The van der Waals surface area contributed by atoms with E-state index in [-0.39, 0.29) is 5.56 Å². The Morgan fingerprint density at radius 2 is 2.36 bits per heavy atom. The summed E-state index contributed by atoms with van der Waals surface area (Å²) in [4.78, 5) is 18.1. The van der Waals surface area contributed by atoms with Gasteiger partial charge >= 0.3 is 0 Å². The fraction of sp³-hybridized carbons (Fsp3) is 0.250. The van der Waals surface area contributed by atoms with E-state index in [1.54, 1.807) is 6.07 Å².